The molecule has 0 heterocycles. The Hall–Kier alpha value is -1.94. The summed E-state index contributed by atoms with van der Waals surface area (Å²) < 4.78 is 68.6. The van der Waals surface area contributed by atoms with Gasteiger partial charge in [-0.2, -0.15) is 0 Å². The Morgan fingerprint density at radius 2 is 0.474 bits per heavy atom. The smallest absolute Gasteiger partial charge is 0.462 e. The van der Waals surface area contributed by atoms with Crippen LogP contribution in [-0.2, 0) is 65.4 Å². The fourth-order valence-corrected chi connectivity index (χ4v) is 13.6. The van der Waals surface area contributed by atoms with E-state index in [0.717, 1.165) is 95.8 Å². The summed E-state index contributed by atoms with van der Waals surface area (Å²) in [6.45, 7) is 7.32. The lowest BCUT2D eigenvalue weighted by Crippen LogP contribution is -2.30. The number of aliphatic hydroxyl groups excluding tert-OH is 1. The van der Waals surface area contributed by atoms with Crippen LogP contribution < -0.4 is 0 Å². The van der Waals surface area contributed by atoms with E-state index in [-0.39, 0.29) is 25.7 Å². The number of aliphatic hydroxyl groups is 1. The van der Waals surface area contributed by atoms with Gasteiger partial charge >= 0.3 is 39.5 Å². The van der Waals surface area contributed by atoms with Gasteiger partial charge in [0.25, 0.3) is 0 Å². The first-order valence-corrected chi connectivity index (χ1v) is 43.6. The average molecular weight is 1420 g/mol. The molecule has 0 aliphatic carbocycles. The second kappa shape index (κ2) is 71.1. The van der Waals surface area contributed by atoms with Crippen molar-refractivity contribution in [2.75, 3.05) is 39.6 Å². The number of carbonyl (C=O) groups excluding carboxylic acids is 4. The summed E-state index contributed by atoms with van der Waals surface area (Å²) in [5, 5.41) is 10.6. The van der Waals surface area contributed by atoms with Crippen LogP contribution in [0, 0.1) is 5.92 Å². The first kappa shape index (κ1) is 95.1. The SMILES string of the molecule is CCCCCCCCCCCCCCCCCCCCCC(=O)O[C@H](COC(=O)CCCCCCCCCCCCCCC(C)C)COP(=O)(O)OC[C@@H](O)COP(=O)(O)OC[C@@H](COC(=O)CCCCCCCCCCCC)OC(=O)CCCCCCCCCCCCCCC. The molecule has 0 fully saturated rings. The highest BCUT2D eigenvalue weighted by Crippen LogP contribution is 2.45. The van der Waals surface area contributed by atoms with Crippen molar-refractivity contribution in [2.24, 2.45) is 5.92 Å². The fourth-order valence-electron chi connectivity index (χ4n) is 12.1. The van der Waals surface area contributed by atoms with Crippen molar-refractivity contribution in [3.05, 3.63) is 0 Å². The maximum Gasteiger partial charge on any atom is 0.472 e. The van der Waals surface area contributed by atoms with Crippen LogP contribution in [0.25, 0.3) is 0 Å². The molecule has 0 aliphatic rings. The molecule has 0 amide bonds. The molecule has 2 unspecified atom stereocenters. The van der Waals surface area contributed by atoms with Crippen LogP contribution in [0.2, 0.25) is 0 Å². The molecule has 0 rings (SSSR count). The third kappa shape index (κ3) is 72.2. The molecule has 0 aliphatic heterocycles. The molecule has 0 spiro atoms. The van der Waals surface area contributed by atoms with E-state index in [9.17, 15) is 43.2 Å². The van der Waals surface area contributed by atoms with Crippen molar-refractivity contribution < 1.29 is 80.2 Å². The Balaban J connectivity index is 5.23. The summed E-state index contributed by atoms with van der Waals surface area (Å²) in [6.07, 6.45) is 60.9. The van der Waals surface area contributed by atoms with E-state index in [1.54, 1.807) is 0 Å². The lowest BCUT2D eigenvalue weighted by Gasteiger charge is -2.21. The molecule has 5 atom stereocenters. The zero-order valence-electron chi connectivity index (χ0n) is 63.2. The minimum absolute atomic E-state index is 0.108. The van der Waals surface area contributed by atoms with E-state index in [2.05, 4.69) is 34.6 Å². The van der Waals surface area contributed by atoms with Crippen LogP contribution in [0.4, 0.5) is 0 Å². The predicted molar refractivity (Wildman–Crippen MR) is 395 cm³/mol. The third-order valence-electron chi connectivity index (χ3n) is 18.3. The van der Waals surface area contributed by atoms with Gasteiger partial charge in [0.1, 0.15) is 19.3 Å². The molecule has 0 saturated heterocycles. The van der Waals surface area contributed by atoms with E-state index in [4.69, 9.17) is 37.0 Å². The van der Waals surface area contributed by atoms with Gasteiger partial charge in [-0.1, -0.05) is 362 Å². The van der Waals surface area contributed by atoms with Gasteiger partial charge in [0.2, 0.25) is 0 Å². The van der Waals surface area contributed by atoms with E-state index in [1.807, 2.05) is 0 Å². The second-order valence-corrected chi connectivity index (χ2v) is 31.5. The average Bonchev–Trinajstić information content (AvgIpc) is 1.60. The van der Waals surface area contributed by atoms with Crippen molar-refractivity contribution in [1.82, 2.24) is 0 Å². The summed E-state index contributed by atoms with van der Waals surface area (Å²) in [6, 6.07) is 0. The lowest BCUT2D eigenvalue weighted by atomic mass is 10.0. The quantitative estimate of drug-likeness (QED) is 0.0222. The monoisotopic (exact) mass is 1420 g/mol. The Bertz CT molecular complexity index is 1860. The molecule has 0 bridgehead atoms. The van der Waals surface area contributed by atoms with Crippen molar-refractivity contribution in [3.63, 3.8) is 0 Å². The van der Waals surface area contributed by atoms with Crippen molar-refractivity contribution >= 4 is 39.5 Å². The number of phosphoric ester groups is 2. The van der Waals surface area contributed by atoms with Gasteiger partial charge in [-0.05, 0) is 31.6 Å². The summed E-state index contributed by atoms with van der Waals surface area (Å²) >= 11 is 0. The van der Waals surface area contributed by atoms with E-state index in [1.165, 1.54) is 238 Å². The third-order valence-corrected chi connectivity index (χ3v) is 20.2. The zero-order chi connectivity index (χ0) is 71.2. The van der Waals surface area contributed by atoms with E-state index in [0.29, 0.717) is 25.7 Å². The van der Waals surface area contributed by atoms with Gasteiger partial charge in [-0.3, -0.25) is 37.3 Å². The topological polar surface area (TPSA) is 237 Å². The molecule has 0 aromatic carbocycles. The Morgan fingerprint density at radius 3 is 0.701 bits per heavy atom. The maximum atomic E-state index is 13.1. The number of hydrogen-bond donors (Lipinski definition) is 3. The molecular formula is C78H152O17P2. The molecular weight excluding hydrogens is 1270 g/mol. The van der Waals surface area contributed by atoms with Crippen molar-refractivity contribution in [3.8, 4) is 0 Å². The normalized spacial score (nSPS) is 13.9. The van der Waals surface area contributed by atoms with Crippen LogP contribution in [0.1, 0.15) is 413 Å². The van der Waals surface area contributed by atoms with Crippen molar-refractivity contribution in [1.29, 1.82) is 0 Å². The van der Waals surface area contributed by atoms with E-state index >= 15 is 0 Å². The zero-order valence-corrected chi connectivity index (χ0v) is 65.0. The van der Waals surface area contributed by atoms with Crippen LogP contribution in [-0.4, -0.2) is 96.7 Å². The molecule has 17 nitrogen and oxygen atoms in total. The highest BCUT2D eigenvalue weighted by atomic mass is 31.2. The second-order valence-electron chi connectivity index (χ2n) is 28.6. The molecule has 0 aromatic heterocycles. The van der Waals surface area contributed by atoms with Crippen LogP contribution >= 0.6 is 15.6 Å². The number of ether oxygens (including phenoxy) is 4. The largest absolute Gasteiger partial charge is 0.472 e. The molecule has 0 radical (unpaired) electrons. The highest BCUT2D eigenvalue weighted by molar-refractivity contribution is 7.47. The molecule has 0 aromatic rings. The number of phosphoric acid groups is 2. The van der Waals surface area contributed by atoms with Crippen LogP contribution in [0.15, 0.2) is 0 Å². The Labute approximate surface area is 594 Å². The van der Waals surface area contributed by atoms with Gasteiger partial charge in [0.15, 0.2) is 12.2 Å². The fraction of sp³-hybridized carbons (Fsp3) is 0.949. The Morgan fingerprint density at radius 1 is 0.278 bits per heavy atom. The minimum Gasteiger partial charge on any atom is -0.462 e. The van der Waals surface area contributed by atoms with Gasteiger partial charge in [0, 0.05) is 25.7 Å². The van der Waals surface area contributed by atoms with Crippen LogP contribution in [0.5, 0.6) is 0 Å². The first-order chi connectivity index (χ1) is 47.0. The molecule has 19 heteroatoms. The summed E-state index contributed by atoms with van der Waals surface area (Å²) in [5.74, 6) is -1.33. The minimum atomic E-state index is -4.96. The standard InChI is InChI=1S/C78H152O17P2/c1-6-9-12-15-18-21-24-26-27-28-29-30-31-33-39-44-49-54-59-64-78(83)95-74(68-89-76(81)62-57-52-47-42-37-35-34-36-40-45-50-55-60-71(4)5)70-93-97(86,87)91-66-72(79)65-90-96(84,85)92-69-73(67-88-75(80)61-56-51-46-41-23-20-17-14-11-8-3)94-77(82)63-58-53-48-43-38-32-25-22-19-16-13-10-7-2/h71-74,79H,6-70H2,1-5H3,(H,84,85)(H,86,87)/t72-,73+,74+/m0/s1. The summed E-state index contributed by atoms with van der Waals surface area (Å²) in [5.41, 5.74) is 0. The highest BCUT2D eigenvalue weighted by Gasteiger charge is 2.30. The number of hydrogen-bond acceptors (Lipinski definition) is 15. The van der Waals surface area contributed by atoms with Crippen molar-refractivity contribution in [2.45, 2.75) is 432 Å². The number of esters is 4. The van der Waals surface area contributed by atoms with Gasteiger partial charge < -0.3 is 33.8 Å². The lowest BCUT2D eigenvalue weighted by molar-refractivity contribution is -0.161. The summed E-state index contributed by atoms with van der Waals surface area (Å²) in [7, 11) is -9.91. The molecule has 3 N–H and O–H groups in total. The van der Waals surface area contributed by atoms with E-state index < -0.39 is 97.5 Å². The summed E-state index contributed by atoms with van der Waals surface area (Å²) in [4.78, 5) is 72.9. The van der Waals surface area contributed by atoms with Gasteiger partial charge in [-0.15, -0.1) is 0 Å². The molecule has 576 valence electrons. The van der Waals surface area contributed by atoms with Crippen LogP contribution in [0.3, 0.4) is 0 Å². The maximum absolute atomic E-state index is 13.1. The molecule has 0 saturated carbocycles. The first-order valence-electron chi connectivity index (χ1n) is 40.6. The van der Waals surface area contributed by atoms with Gasteiger partial charge in [-0.25, -0.2) is 9.13 Å². The van der Waals surface area contributed by atoms with Gasteiger partial charge in [0.05, 0.1) is 26.4 Å². The number of carbonyl (C=O) groups is 4. The number of rotatable bonds is 78. The predicted octanol–water partition coefficient (Wildman–Crippen LogP) is 23.3. The Kier molecular flexibility index (Phi) is 69.6. The number of unbranched alkanes of at least 4 members (excludes halogenated alkanes) is 50. The molecule has 97 heavy (non-hydrogen) atoms.